The molecule has 4 unspecified atom stereocenters. The molecule has 19 heavy (non-hydrogen) atoms. The van der Waals surface area contributed by atoms with Crippen LogP contribution in [0.1, 0.15) is 17.0 Å². The standard InChI is InChI=1S/C15H18N2O2/c18-15(12-8-16-5-6-19-12)17-14-11-7-9-3-1-2-4-10(9)13(11)14/h1-4,11-14,16H,5-8H2,(H,17,18). The molecule has 1 aromatic carbocycles. The van der Waals surface area contributed by atoms with Crippen molar-refractivity contribution in [2.45, 2.75) is 24.5 Å². The average Bonchev–Trinajstić information content (AvgIpc) is 2.97. The number of nitrogens with one attached hydrogen (secondary N) is 2. The number of carbonyl (C=O) groups is 1. The van der Waals surface area contributed by atoms with Crippen molar-refractivity contribution in [1.29, 1.82) is 0 Å². The molecular weight excluding hydrogens is 240 g/mol. The first kappa shape index (κ1) is 11.4. The fourth-order valence-electron chi connectivity index (χ4n) is 3.54. The minimum Gasteiger partial charge on any atom is -0.366 e. The number of morpholine rings is 1. The Balaban J connectivity index is 1.41. The van der Waals surface area contributed by atoms with E-state index in [2.05, 4.69) is 34.9 Å². The summed E-state index contributed by atoms with van der Waals surface area (Å²) in [7, 11) is 0. The number of hydrogen-bond acceptors (Lipinski definition) is 3. The first-order chi connectivity index (χ1) is 9.34. The third-order valence-electron chi connectivity index (χ3n) is 4.57. The summed E-state index contributed by atoms with van der Waals surface area (Å²) in [5, 5.41) is 6.35. The lowest BCUT2D eigenvalue weighted by molar-refractivity contribution is -0.134. The molecule has 0 spiro atoms. The van der Waals surface area contributed by atoms with Crippen molar-refractivity contribution in [3.8, 4) is 0 Å². The van der Waals surface area contributed by atoms with E-state index in [0.717, 1.165) is 13.0 Å². The molecule has 1 saturated heterocycles. The van der Waals surface area contributed by atoms with E-state index in [1.54, 1.807) is 0 Å². The number of benzene rings is 1. The van der Waals surface area contributed by atoms with Gasteiger partial charge in [0.25, 0.3) is 5.91 Å². The Kier molecular flexibility index (Phi) is 2.60. The van der Waals surface area contributed by atoms with Crippen molar-refractivity contribution in [1.82, 2.24) is 10.6 Å². The van der Waals surface area contributed by atoms with E-state index < -0.39 is 0 Å². The molecule has 4 atom stereocenters. The molecule has 1 amide bonds. The Morgan fingerprint density at radius 3 is 3.11 bits per heavy atom. The van der Waals surface area contributed by atoms with Crippen LogP contribution in [0.2, 0.25) is 0 Å². The van der Waals surface area contributed by atoms with Crippen LogP contribution >= 0.6 is 0 Å². The maximum absolute atomic E-state index is 12.1. The van der Waals surface area contributed by atoms with Crippen molar-refractivity contribution in [3.63, 3.8) is 0 Å². The highest BCUT2D eigenvalue weighted by Crippen LogP contribution is 2.56. The summed E-state index contributed by atoms with van der Waals surface area (Å²) >= 11 is 0. The molecule has 0 bridgehead atoms. The number of hydrogen-bond donors (Lipinski definition) is 2. The zero-order chi connectivity index (χ0) is 12.8. The second-order valence-electron chi connectivity index (χ2n) is 5.69. The Morgan fingerprint density at radius 2 is 2.26 bits per heavy atom. The normalized spacial score (nSPS) is 35.4. The molecule has 0 aromatic heterocycles. The molecular formula is C15H18N2O2. The third kappa shape index (κ3) is 1.86. The third-order valence-corrected chi connectivity index (χ3v) is 4.57. The van der Waals surface area contributed by atoms with Gasteiger partial charge in [0.1, 0.15) is 6.10 Å². The van der Waals surface area contributed by atoms with Crippen LogP contribution in [0.5, 0.6) is 0 Å². The maximum Gasteiger partial charge on any atom is 0.250 e. The summed E-state index contributed by atoms with van der Waals surface area (Å²) in [5.41, 5.74) is 2.89. The van der Waals surface area contributed by atoms with Gasteiger partial charge in [-0.25, -0.2) is 0 Å². The molecule has 4 nitrogen and oxygen atoms in total. The van der Waals surface area contributed by atoms with E-state index in [0.29, 0.717) is 31.0 Å². The van der Waals surface area contributed by atoms with Crippen LogP contribution in [0.15, 0.2) is 24.3 Å². The van der Waals surface area contributed by atoms with Crippen LogP contribution in [-0.4, -0.2) is 37.7 Å². The van der Waals surface area contributed by atoms with Crippen molar-refractivity contribution in [2.24, 2.45) is 5.92 Å². The van der Waals surface area contributed by atoms with E-state index in [9.17, 15) is 4.79 Å². The molecule has 100 valence electrons. The zero-order valence-electron chi connectivity index (χ0n) is 10.8. The molecule has 2 aliphatic carbocycles. The molecule has 1 heterocycles. The van der Waals surface area contributed by atoms with Crippen LogP contribution in [0.4, 0.5) is 0 Å². The first-order valence-electron chi connectivity index (χ1n) is 7.05. The van der Waals surface area contributed by atoms with Crippen molar-refractivity contribution in [3.05, 3.63) is 35.4 Å². The van der Waals surface area contributed by atoms with Gasteiger partial charge in [-0.05, 0) is 23.5 Å². The van der Waals surface area contributed by atoms with Gasteiger partial charge in [0.05, 0.1) is 6.61 Å². The lowest BCUT2D eigenvalue weighted by Gasteiger charge is -2.23. The smallest absolute Gasteiger partial charge is 0.250 e. The van der Waals surface area contributed by atoms with E-state index >= 15 is 0 Å². The lowest BCUT2D eigenvalue weighted by atomic mass is 10.1. The Morgan fingerprint density at radius 1 is 1.37 bits per heavy atom. The first-order valence-corrected chi connectivity index (χ1v) is 7.05. The Bertz CT molecular complexity index is 511. The summed E-state index contributed by atoms with van der Waals surface area (Å²) in [6.07, 6.45) is 0.792. The predicted molar refractivity (Wildman–Crippen MR) is 70.9 cm³/mol. The monoisotopic (exact) mass is 258 g/mol. The number of amides is 1. The van der Waals surface area contributed by atoms with Crippen molar-refractivity contribution < 1.29 is 9.53 Å². The fraction of sp³-hybridized carbons (Fsp3) is 0.533. The fourth-order valence-corrected chi connectivity index (χ4v) is 3.54. The van der Waals surface area contributed by atoms with Crippen LogP contribution in [0.25, 0.3) is 0 Å². The molecule has 1 saturated carbocycles. The summed E-state index contributed by atoms with van der Waals surface area (Å²) in [5.74, 6) is 1.19. The molecule has 3 aliphatic rings. The van der Waals surface area contributed by atoms with Gasteiger partial charge < -0.3 is 15.4 Å². The number of ether oxygens (including phenoxy) is 1. The average molecular weight is 258 g/mol. The van der Waals surface area contributed by atoms with E-state index in [1.807, 2.05) is 0 Å². The molecule has 2 fully saturated rings. The van der Waals surface area contributed by atoms with Gasteiger partial charge in [0, 0.05) is 25.0 Å². The van der Waals surface area contributed by atoms with Gasteiger partial charge in [0.2, 0.25) is 0 Å². The van der Waals surface area contributed by atoms with Crippen molar-refractivity contribution in [2.75, 3.05) is 19.7 Å². The number of rotatable bonds is 2. The van der Waals surface area contributed by atoms with Gasteiger partial charge in [0.15, 0.2) is 0 Å². The van der Waals surface area contributed by atoms with E-state index in [-0.39, 0.29) is 12.0 Å². The van der Waals surface area contributed by atoms with E-state index in [4.69, 9.17) is 4.74 Å². The highest BCUT2D eigenvalue weighted by molar-refractivity contribution is 5.82. The molecule has 4 heteroatoms. The predicted octanol–water partition coefficient (Wildman–Crippen LogP) is 0.429. The second kappa shape index (κ2) is 4.32. The Hall–Kier alpha value is -1.39. The minimum absolute atomic E-state index is 0.0454. The van der Waals surface area contributed by atoms with Crippen LogP contribution in [0, 0.1) is 5.92 Å². The molecule has 1 aromatic rings. The second-order valence-corrected chi connectivity index (χ2v) is 5.69. The quantitative estimate of drug-likeness (QED) is 0.809. The molecule has 4 rings (SSSR count). The highest BCUT2D eigenvalue weighted by Gasteiger charge is 2.56. The maximum atomic E-state index is 12.1. The zero-order valence-corrected chi connectivity index (χ0v) is 10.8. The summed E-state index contributed by atoms with van der Waals surface area (Å²) in [4.78, 5) is 12.1. The van der Waals surface area contributed by atoms with Gasteiger partial charge >= 0.3 is 0 Å². The Labute approximate surface area is 112 Å². The van der Waals surface area contributed by atoms with Gasteiger partial charge in [-0.2, -0.15) is 0 Å². The molecule has 2 N–H and O–H groups in total. The highest BCUT2D eigenvalue weighted by atomic mass is 16.5. The van der Waals surface area contributed by atoms with Gasteiger partial charge in [-0.3, -0.25) is 4.79 Å². The van der Waals surface area contributed by atoms with Crippen LogP contribution in [0.3, 0.4) is 0 Å². The van der Waals surface area contributed by atoms with Crippen molar-refractivity contribution >= 4 is 5.91 Å². The summed E-state index contributed by atoms with van der Waals surface area (Å²) in [6, 6.07) is 8.91. The molecule has 0 radical (unpaired) electrons. The SMILES string of the molecule is O=C(NC1C2Cc3ccccc3C21)C1CNCCO1. The van der Waals surface area contributed by atoms with Gasteiger partial charge in [-0.1, -0.05) is 24.3 Å². The molecule has 1 aliphatic heterocycles. The summed E-state index contributed by atoms with van der Waals surface area (Å²) < 4.78 is 5.49. The largest absolute Gasteiger partial charge is 0.366 e. The van der Waals surface area contributed by atoms with E-state index in [1.165, 1.54) is 11.1 Å². The number of carbonyl (C=O) groups excluding carboxylic acids is 1. The topological polar surface area (TPSA) is 50.4 Å². The number of fused-ring (bicyclic) bond motifs is 3. The van der Waals surface area contributed by atoms with Crippen LogP contribution < -0.4 is 10.6 Å². The summed E-state index contributed by atoms with van der Waals surface area (Å²) in [6.45, 7) is 2.09. The van der Waals surface area contributed by atoms with Crippen LogP contribution in [-0.2, 0) is 16.0 Å². The minimum atomic E-state index is -0.315. The van der Waals surface area contributed by atoms with Gasteiger partial charge in [-0.15, -0.1) is 0 Å². The lowest BCUT2D eigenvalue weighted by Crippen LogP contribution is -2.48.